The van der Waals surface area contributed by atoms with E-state index >= 15 is 0 Å². The zero-order valence-corrected chi connectivity index (χ0v) is 13.7. The van der Waals surface area contributed by atoms with Crippen molar-refractivity contribution in [3.05, 3.63) is 0 Å². The number of hydrogen-bond acceptors (Lipinski definition) is 4. The maximum absolute atomic E-state index is 11.7. The van der Waals surface area contributed by atoms with E-state index in [4.69, 9.17) is 9.47 Å². The first-order valence-electron chi connectivity index (χ1n) is 7.06. The predicted molar refractivity (Wildman–Crippen MR) is 76.7 cm³/mol. The summed E-state index contributed by atoms with van der Waals surface area (Å²) in [7, 11) is 0. The molecular weight excluding hydrogens is 258 g/mol. The van der Waals surface area contributed by atoms with Gasteiger partial charge in [0.15, 0.2) is 6.04 Å². The van der Waals surface area contributed by atoms with E-state index in [1.807, 2.05) is 41.5 Å². The lowest BCUT2D eigenvalue weighted by Crippen LogP contribution is -2.65. The van der Waals surface area contributed by atoms with E-state index in [1.54, 1.807) is 0 Å². The molecule has 0 aliphatic carbocycles. The summed E-state index contributed by atoms with van der Waals surface area (Å²) in [5.41, 5.74) is 3.62. The van der Waals surface area contributed by atoms with E-state index in [-0.39, 0.29) is 29.2 Å². The van der Waals surface area contributed by atoms with Crippen molar-refractivity contribution >= 4 is 11.9 Å². The van der Waals surface area contributed by atoms with E-state index in [0.29, 0.717) is 19.6 Å². The Hall–Kier alpha value is -1.10. The molecule has 0 fully saturated rings. The van der Waals surface area contributed by atoms with Gasteiger partial charge >= 0.3 is 11.9 Å². The van der Waals surface area contributed by atoms with Crippen LogP contribution in [-0.4, -0.2) is 31.2 Å². The lowest BCUT2D eigenvalue weighted by Gasteiger charge is -2.19. The Kier molecular flexibility index (Phi) is 7.20. The molecule has 0 amide bonds. The second kappa shape index (κ2) is 7.62. The lowest BCUT2D eigenvalue weighted by molar-refractivity contribution is -0.409. The van der Waals surface area contributed by atoms with E-state index in [9.17, 15) is 9.59 Å². The van der Waals surface area contributed by atoms with Crippen molar-refractivity contribution in [2.45, 2.75) is 60.4 Å². The standard InChI is InChI=1S/C15H29NO4/c1-14(2,3)9-19-12(17)8-7-11(16)13(18)20-10-15(4,5)6/h11H,7-10,16H2,1-6H3/p+1/t11-/m1/s1. The molecule has 0 aliphatic heterocycles. The van der Waals surface area contributed by atoms with Gasteiger partial charge in [0.05, 0.1) is 19.6 Å². The molecular formula is C15H30NO4+. The van der Waals surface area contributed by atoms with Crippen molar-refractivity contribution in [2.24, 2.45) is 10.8 Å². The van der Waals surface area contributed by atoms with Gasteiger partial charge < -0.3 is 15.2 Å². The van der Waals surface area contributed by atoms with Crippen molar-refractivity contribution in [1.82, 2.24) is 0 Å². The van der Waals surface area contributed by atoms with Gasteiger partial charge in [-0.25, -0.2) is 4.79 Å². The van der Waals surface area contributed by atoms with Crippen LogP contribution in [0.3, 0.4) is 0 Å². The highest BCUT2D eigenvalue weighted by molar-refractivity contribution is 5.75. The number of esters is 2. The van der Waals surface area contributed by atoms with Crippen LogP contribution in [0, 0.1) is 10.8 Å². The van der Waals surface area contributed by atoms with Crippen molar-refractivity contribution in [3.8, 4) is 0 Å². The fourth-order valence-corrected chi connectivity index (χ4v) is 1.18. The van der Waals surface area contributed by atoms with Crippen molar-refractivity contribution in [1.29, 1.82) is 0 Å². The first-order chi connectivity index (χ1) is 8.91. The minimum Gasteiger partial charge on any atom is -0.465 e. The third kappa shape index (κ3) is 10.8. The Morgan fingerprint density at radius 2 is 1.40 bits per heavy atom. The van der Waals surface area contributed by atoms with Crippen LogP contribution in [0.25, 0.3) is 0 Å². The highest BCUT2D eigenvalue weighted by atomic mass is 16.5. The molecule has 0 spiro atoms. The molecule has 0 aromatic carbocycles. The zero-order chi connectivity index (χ0) is 16.0. The van der Waals surface area contributed by atoms with E-state index in [1.165, 1.54) is 0 Å². The quantitative estimate of drug-likeness (QED) is 0.752. The normalized spacial score (nSPS) is 13.8. The van der Waals surface area contributed by atoms with E-state index < -0.39 is 6.04 Å². The topological polar surface area (TPSA) is 80.2 Å². The molecule has 0 saturated carbocycles. The smallest absolute Gasteiger partial charge is 0.364 e. The fourth-order valence-electron chi connectivity index (χ4n) is 1.18. The Balaban J connectivity index is 3.94. The van der Waals surface area contributed by atoms with Gasteiger partial charge in [0.1, 0.15) is 0 Å². The van der Waals surface area contributed by atoms with Gasteiger partial charge in [-0.15, -0.1) is 0 Å². The van der Waals surface area contributed by atoms with Crippen LogP contribution in [0.4, 0.5) is 0 Å². The monoisotopic (exact) mass is 288 g/mol. The van der Waals surface area contributed by atoms with Crippen LogP contribution < -0.4 is 5.73 Å². The minimum atomic E-state index is -0.528. The average molecular weight is 288 g/mol. The molecule has 5 heteroatoms. The van der Waals surface area contributed by atoms with Crippen molar-refractivity contribution in [2.75, 3.05) is 13.2 Å². The summed E-state index contributed by atoms with van der Waals surface area (Å²) in [6, 6.07) is -0.528. The number of carbonyl (C=O) groups excluding carboxylic acids is 2. The first kappa shape index (κ1) is 18.9. The molecule has 0 bridgehead atoms. The lowest BCUT2D eigenvalue weighted by atomic mass is 9.98. The number of hydrogen-bond donors (Lipinski definition) is 1. The molecule has 20 heavy (non-hydrogen) atoms. The highest BCUT2D eigenvalue weighted by Gasteiger charge is 2.23. The Morgan fingerprint density at radius 3 is 1.85 bits per heavy atom. The summed E-state index contributed by atoms with van der Waals surface area (Å²) in [6.07, 6.45) is 0.542. The molecule has 118 valence electrons. The average Bonchev–Trinajstić information content (AvgIpc) is 2.28. The number of quaternary nitrogens is 1. The Morgan fingerprint density at radius 1 is 0.950 bits per heavy atom. The molecule has 5 nitrogen and oxygen atoms in total. The summed E-state index contributed by atoms with van der Waals surface area (Å²) in [5.74, 6) is -0.652. The number of ether oxygens (including phenoxy) is 2. The third-order valence-electron chi connectivity index (χ3n) is 2.34. The van der Waals surface area contributed by atoms with Gasteiger partial charge in [-0.05, 0) is 10.8 Å². The Labute approximate surface area is 122 Å². The first-order valence-corrected chi connectivity index (χ1v) is 7.06. The summed E-state index contributed by atoms with van der Waals surface area (Å²) in [5, 5.41) is 0. The summed E-state index contributed by atoms with van der Waals surface area (Å²) in [6.45, 7) is 12.7. The molecule has 0 aromatic heterocycles. The molecule has 0 aromatic rings. The zero-order valence-electron chi connectivity index (χ0n) is 13.7. The molecule has 0 radical (unpaired) electrons. The fraction of sp³-hybridized carbons (Fsp3) is 0.867. The largest absolute Gasteiger partial charge is 0.465 e. The maximum atomic E-state index is 11.7. The van der Waals surface area contributed by atoms with Crippen LogP contribution in [0.5, 0.6) is 0 Å². The summed E-state index contributed by atoms with van der Waals surface area (Å²) < 4.78 is 10.3. The molecule has 0 saturated heterocycles. The predicted octanol–water partition coefficient (Wildman–Crippen LogP) is 1.56. The van der Waals surface area contributed by atoms with Gasteiger partial charge in [-0.2, -0.15) is 0 Å². The summed E-state index contributed by atoms with van der Waals surface area (Å²) >= 11 is 0. The van der Waals surface area contributed by atoms with Crippen molar-refractivity contribution < 1.29 is 24.8 Å². The van der Waals surface area contributed by atoms with Gasteiger partial charge in [0.2, 0.25) is 0 Å². The van der Waals surface area contributed by atoms with Gasteiger partial charge in [-0.1, -0.05) is 41.5 Å². The van der Waals surface area contributed by atoms with Gasteiger partial charge in [-0.3, -0.25) is 4.79 Å². The highest BCUT2D eigenvalue weighted by Crippen LogP contribution is 2.14. The van der Waals surface area contributed by atoms with E-state index in [0.717, 1.165) is 0 Å². The number of rotatable bonds is 6. The second-order valence-corrected chi connectivity index (χ2v) is 7.63. The molecule has 0 heterocycles. The molecule has 3 N–H and O–H groups in total. The molecule has 1 atom stereocenters. The maximum Gasteiger partial charge on any atom is 0.364 e. The van der Waals surface area contributed by atoms with Crippen LogP contribution in [0.15, 0.2) is 0 Å². The third-order valence-corrected chi connectivity index (χ3v) is 2.34. The van der Waals surface area contributed by atoms with Crippen LogP contribution in [0.2, 0.25) is 0 Å². The number of carbonyl (C=O) groups is 2. The van der Waals surface area contributed by atoms with Crippen LogP contribution in [-0.2, 0) is 19.1 Å². The molecule has 0 rings (SSSR count). The van der Waals surface area contributed by atoms with E-state index in [2.05, 4.69) is 5.73 Å². The van der Waals surface area contributed by atoms with Gasteiger partial charge in [0, 0.05) is 6.42 Å². The van der Waals surface area contributed by atoms with Gasteiger partial charge in [0.25, 0.3) is 0 Å². The minimum absolute atomic E-state index is 0.0504. The molecule has 0 unspecified atom stereocenters. The van der Waals surface area contributed by atoms with Crippen LogP contribution >= 0.6 is 0 Å². The van der Waals surface area contributed by atoms with Crippen molar-refractivity contribution in [3.63, 3.8) is 0 Å². The molecule has 0 aliphatic rings. The Bertz CT molecular complexity index is 326. The summed E-state index contributed by atoms with van der Waals surface area (Å²) in [4.78, 5) is 23.2. The SMILES string of the molecule is CC(C)(C)COC(=O)CC[C@@H]([NH3+])C(=O)OCC(C)(C)C. The second-order valence-electron chi connectivity index (χ2n) is 7.63. The van der Waals surface area contributed by atoms with Crippen LogP contribution in [0.1, 0.15) is 54.4 Å².